The van der Waals surface area contributed by atoms with Crippen LogP contribution < -0.4 is 0 Å². The van der Waals surface area contributed by atoms with E-state index in [2.05, 4.69) is 24.2 Å². The fourth-order valence-corrected chi connectivity index (χ4v) is 5.69. The normalized spacial score (nSPS) is 22.8. The summed E-state index contributed by atoms with van der Waals surface area (Å²) in [5, 5.41) is 5.50. The first-order chi connectivity index (χ1) is 16.1. The number of hydrogen-bond donors (Lipinski definition) is 0. The van der Waals surface area contributed by atoms with Crippen LogP contribution in [0.4, 0.5) is 9.18 Å². The maximum Gasteiger partial charge on any atom is 0.410 e. The lowest BCUT2D eigenvalue weighted by molar-refractivity contribution is -0.122. The van der Waals surface area contributed by atoms with Gasteiger partial charge in [-0.2, -0.15) is 5.10 Å². The highest BCUT2D eigenvalue weighted by molar-refractivity contribution is 5.85. The van der Waals surface area contributed by atoms with Crippen molar-refractivity contribution >= 4 is 22.8 Å². The summed E-state index contributed by atoms with van der Waals surface area (Å²) in [6.07, 6.45) is 3.23. The number of ketones is 1. The quantitative estimate of drug-likeness (QED) is 0.515. The summed E-state index contributed by atoms with van der Waals surface area (Å²) in [6, 6.07) is 10.5. The predicted molar refractivity (Wildman–Crippen MR) is 128 cm³/mol. The first-order valence-electron chi connectivity index (χ1n) is 11.8. The Morgan fingerprint density at radius 1 is 1.21 bits per heavy atom. The molecule has 0 spiro atoms. The van der Waals surface area contributed by atoms with Gasteiger partial charge in [-0.15, -0.1) is 0 Å². The Bertz CT molecular complexity index is 1270. The molecule has 1 aliphatic heterocycles. The first-order valence-corrected chi connectivity index (χ1v) is 11.8. The Balaban J connectivity index is 1.56. The van der Waals surface area contributed by atoms with Gasteiger partial charge in [0.1, 0.15) is 17.2 Å². The number of amides is 1. The first kappa shape index (κ1) is 22.6. The van der Waals surface area contributed by atoms with Crippen LogP contribution in [0.1, 0.15) is 51.2 Å². The molecule has 1 aromatic heterocycles. The minimum Gasteiger partial charge on any atom is -0.444 e. The monoisotopic (exact) mass is 463 g/mol. The number of nitrogens with zero attached hydrogens (tertiary/aromatic N) is 3. The summed E-state index contributed by atoms with van der Waals surface area (Å²) in [7, 11) is 0. The third-order valence-electron chi connectivity index (χ3n) is 7.15. The van der Waals surface area contributed by atoms with Crippen LogP contribution in [0.25, 0.3) is 16.6 Å². The largest absolute Gasteiger partial charge is 0.444 e. The molecule has 0 N–H and O–H groups in total. The highest BCUT2D eigenvalue weighted by Gasteiger charge is 2.53. The summed E-state index contributed by atoms with van der Waals surface area (Å²) in [5.74, 6) is 0.145. The Morgan fingerprint density at radius 2 is 1.94 bits per heavy atom. The zero-order chi connectivity index (χ0) is 24.3. The predicted octanol–water partition coefficient (Wildman–Crippen LogP) is 5.33. The van der Waals surface area contributed by atoms with Gasteiger partial charge in [-0.3, -0.25) is 4.79 Å². The van der Waals surface area contributed by atoms with Gasteiger partial charge in [0.25, 0.3) is 0 Å². The van der Waals surface area contributed by atoms with Crippen LogP contribution in [0.3, 0.4) is 0 Å². The van der Waals surface area contributed by atoms with E-state index < -0.39 is 11.0 Å². The highest BCUT2D eigenvalue weighted by Crippen LogP contribution is 2.49. The molecule has 0 radical (unpaired) electrons. The van der Waals surface area contributed by atoms with Crippen molar-refractivity contribution in [1.29, 1.82) is 0 Å². The summed E-state index contributed by atoms with van der Waals surface area (Å²) in [4.78, 5) is 27.4. The standard InChI is InChI=1S/C27H30FN3O3/c1-17-11-24-18(14-29-31(24)21-8-6-20(28)7-9-21)12-23(17)27-13-22(32)10-5-19(27)15-30(16-27)25(33)34-26(2,3)4/h6-9,11-12,14,19H,5,10,13,15-16H2,1-4H3. The van der Waals surface area contributed by atoms with Gasteiger partial charge < -0.3 is 9.64 Å². The fraction of sp³-hybridized carbons (Fsp3) is 0.444. The molecule has 1 amide bonds. The van der Waals surface area contributed by atoms with Crippen LogP contribution in [0, 0.1) is 18.7 Å². The Kier molecular flexibility index (Phi) is 5.26. The van der Waals surface area contributed by atoms with E-state index in [1.807, 2.05) is 20.8 Å². The zero-order valence-electron chi connectivity index (χ0n) is 20.1. The fourth-order valence-electron chi connectivity index (χ4n) is 5.69. The molecule has 2 aromatic carbocycles. The molecule has 2 unspecified atom stereocenters. The van der Waals surface area contributed by atoms with Gasteiger partial charge in [0.05, 0.1) is 17.4 Å². The molecule has 2 heterocycles. The molecule has 0 bridgehead atoms. The van der Waals surface area contributed by atoms with E-state index >= 15 is 0 Å². The van der Waals surface area contributed by atoms with Gasteiger partial charge >= 0.3 is 6.09 Å². The highest BCUT2D eigenvalue weighted by atomic mass is 19.1. The number of rotatable bonds is 2. The van der Waals surface area contributed by atoms with E-state index in [1.54, 1.807) is 27.9 Å². The molecule has 34 heavy (non-hydrogen) atoms. The Labute approximate surface area is 198 Å². The molecular weight excluding hydrogens is 433 g/mol. The number of benzene rings is 2. The average molecular weight is 464 g/mol. The third-order valence-corrected chi connectivity index (χ3v) is 7.15. The number of fused-ring (bicyclic) bond motifs is 2. The summed E-state index contributed by atoms with van der Waals surface area (Å²) in [6.45, 7) is 8.71. The van der Waals surface area contributed by atoms with Crippen molar-refractivity contribution in [2.24, 2.45) is 5.92 Å². The van der Waals surface area contributed by atoms with Crippen LogP contribution in [-0.4, -0.2) is 45.2 Å². The SMILES string of the molecule is Cc1cc2c(cnn2-c2ccc(F)cc2)cc1C12CC(=O)CCC1CN(C(=O)OC(C)(C)C)C2. The second-order valence-electron chi connectivity index (χ2n) is 10.7. The molecule has 2 fully saturated rings. The summed E-state index contributed by atoms with van der Waals surface area (Å²) >= 11 is 0. The van der Waals surface area contributed by atoms with Crippen LogP contribution >= 0.6 is 0 Å². The van der Waals surface area contributed by atoms with Crippen molar-refractivity contribution in [3.05, 3.63) is 59.5 Å². The second-order valence-corrected chi connectivity index (χ2v) is 10.7. The smallest absolute Gasteiger partial charge is 0.410 e. The molecule has 3 aromatic rings. The molecule has 7 heteroatoms. The molecule has 5 rings (SSSR count). The molecule has 1 saturated heterocycles. The molecule has 178 valence electrons. The van der Waals surface area contributed by atoms with E-state index in [1.165, 1.54) is 12.1 Å². The lowest BCUT2D eigenvalue weighted by atomic mass is 9.63. The number of likely N-dealkylation sites (tertiary alicyclic amines) is 1. The number of aromatic nitrogens is 2. The molecule has 1 aliphatic carbocycles. The van der Waals surface area contributed by atoms with Crippen LogP contribution in [-0.2, 0) is 14.9 Å². The van der Waals surface area contributed by atoms with Crippen molar-refractivity contribution in [2.75, 3.05) is 13.1 Å². The summed E-state index contributed by atoms with van der Waals surface area (Å²) < 4.78 is 20.9. The summed E-state index contributed by atoms with van der Waals surface area (Å²) in [5.41, 5.74) is 2.86. The average Bonchev–Trinajstić information content (AvgIpc) is 3.34. The van der Waals surface area contributed by atoms with Crippen molar-refractivity contribution < 1.29 is 18.7 Å². The van der Waals surface area contributed by atoms with Gasteiger partial charge in [-0.05, 0) is 87.6 Å². The van der Waals surface area contributed by atoms with E-state index in [0.717, 1.165) is 34.1 Å². The lowest BCUT2D eigenvalue weighted by Crippen LogP contribution is -2.42. The van der Waals surface area contributed by atoms with E-state index in [9.17, 15) is 14.0 Å². The van der Waals surface area contributed by atoms with Crippen LogP contribution in [0.2, 0.25) is 0 Å². The molecule has 6 nitrogen and oxygen atoms in total. The minimum absolute atomic E-state index is 0.195. The van der Waals surface area contributed by atoms with Gasteiger partial charge in [-0.1, -0.05) is 0 Å². The van der Waals surface area contributed by atoms with Crippen LogP contribution in [0.5, 0.6) is 0 Å². The Hall–Kier alpha value is -3.22. The van der Waals surface area contributed by atoms with Crippen molar-refractivity contribution in [3.8, 4) is 5.69 Å². The Morgan fingerprint density at radius 3 is 2.65 bits per heavy atom. The lowest BCUT2D eigenvalue weighted by Gasteiger charge is -2.39. The number of Topliss-reactive ketones (excluding diaryl/α,β-unsaturated/α-hetero) is 1. The number of carbonyl (C=O) groups is 2. The minimum atomic E-state index is -0.572. The van der Waals surface area contributed by atoms with E-state index in [0.29, 0.717) is 25.9 Å². The van der Waals surface area contributed by atoms with E-state index in [-0.39, 0.29) is 23.6 Å². The number of halogens is 1. The number of aryl methyl sites for hydroxylation is 1. The van der Waals surface area contributed by atoms with Gasteiger partial charge in [-0.25, -0.2) is 13.9 Å². The van der Waals surface area contributed by atoms with Crippen LogP contribution in [0.15, 0.2) is 42.6 Å². The van der Waals surface area contributed by atoms with Gasteiger partial charge in [0, 0.05) is 36.7 Å². The maximum absolute atomic E-state index is 13.4. The maximum atomic E-state index is 13.4. The third kappa shape index (κ3) is 3.87. The number of hydrogen-bond acceptors (Lipinski definition) is 4. The second kappa shape index (κ2) is 7.93. The number of carbonyl (C=O) groups excluding carboxylic acids is 2. The van der Waals surface area contributed by atoms with Crippen molar-refractivity contribution in [3.63, 3.8) is 0 Å². The van der Waals surface area contributed by atoms with E-state index in [4.69, 9.17) is 4.74 Å². The van der Waals surface area contributed by atoms with Gasteiger partial charge in [0.2, 0.25) is 0 Å². The van der Waals surface area contributed by atoms with Crippen molar-refractivity contribution in [2.45, 2.75) is 58.0 Å². The van der Waals surface area contributed by atoms with Gasteiger partial charge in [0.15, 0.2) is 0 Å². The van der Waals surface area contributed by atoms with Crippen molar-refractivity contribution in [1.82, 2.24) is 14.7 Å². The molecule has 1 saturated carbocycles. The molecular formula is C27H30FN3O3. The topological polar surface area (TPSA) is 64.4 Å². The number of ether oxygens (including phenoxy) is 1. The molecule has 2 aliphatic rings. The zero-order valence-corrected chi connectivity index (χ0v) is 20.1. The molecule has 2 atom stereocenters.